The SMILES string of the molecule is CC(C)(C)OC(=O)N(CCO)OCc1ccccc1. The molecule has 1 aromatic rings. The lowest BCUT2D eigenvalue weighted by molar-refractivity contribution is -0.160. The monoisotopic (exact) mass is 267 g/mol. The van der Waals surface area contributed by atoms with Crippen LogP contribution in [0.2, 0.25) is 0 Å². The summed E-state index contributed by atoms with van der Waals surface area (Å²) in [7, 11) is 0. The van der Waals surface area contributed by atoms with E-state index in [4.69, 9.17) is 14.7 Å². The van der Waals surface area contributed by atoms with Crippen LogP contribution in [0, 0.1) is 0 Å². The number of ether oxygens (including phenoxy) is 1. The molecule has 0 aliphatic carbocycles. The summed E-state index contributed by atoms with van der Waals surface area (Å²) in [6.07, 6.45) is -0.600. The van der Waals surface area contributed by atoms with Crippen molar-refractivity contribution in [2.75, 3.05) is 13.2 Å². The number of amides is 1. The normalized spacial score (nSPS) is 11.2. The molecule has 0 fully saturated rings. The molecule has 0 radical (unpaired) electrons. The van der Waals surface area contributed by atoms with Gasteiger partial charge in [-0.2, -0.15) is 5.06 Å². The third kappa shape index (κ3) is 6.22. The van der Waals surface area contributed by atoms with Gasteiger partial charge in [0.1, 0.15) is 12.2 Å². The molecule has 0 heterocycles. The molecule has 5 nitrogen and oxygen atoms in total. The number of aliphatic hydroxyl groups excluding tert-OH is 1. The van der Waals surface area contributed by atoms with Crippen molar-refractivity contribution in [1.29, 1.82) is 0 Å². The lowest BCUT2D eigenvalue weighted by Gasteiger charge is -2.26. The largest absolute Gasteiger partial charge is 0.442 e. The number of hydrogen-bond acceptors (Lipinski definition) is 4. The molecule has 0 atom stereocenters. The molecular weight excluding hydrogens is 246 g/mol. The van der Waals surface area contributed by atoms with Gasteiger partial charge in [-0.25, -0.2) is 4.79 Å². The molecule has 0 saturated carbocycles. The molecule has 0 aliphatic heterocycles. The van der Waals surface area contributed by atoms with E-state index in [1.54, 1.807) is 20.8 Å². The summed E-state index contributed by atoms with van der Waals surface area (Å²) < 4.78 is 5.19. The fourth-order valence-corrected chi connectivity index (χ4v) is 1.34. The summed E-state index contributed by atoms with van der Waals surface area (Å²) in [4.78, 5) is 17.2. The van der Waals surface area contributed by atoms with Crippen LogP contribution in [0.5, 0.6) is 0 Å². The van der Waals surface area contributed by atoms with Crippen LogP contribution in [0.25, 0.3) is 0 Å². The number of hydrogen-bond donors (Lipinski definition) is 1. The van der Waals surface area contributed by atoms with E-state index in [0.29, 0.717) is 0 Å². The van der Waals surface area contributed by atoms with Crippen molar-refractivity contribution < 1.29 is 19.5 Å². The molecule has 0 spiro atoms. The Balaban J connectivity index is 2.55. The molecule has 1 amide bonds. The van der Waals surface area contributed by atoms with Crippen LogP contribution in [0.4, 0.5) is 4.79 Å². The summed E-state index contributed by atoms with van der Waals surface area (Å²) in [5.41, 5.74) is 0.343. The van der Waals surface area contributed by atoms with Crippen molar-refractivity contribution in [1.82, 2.24) is 5.06 Å². The molecule has 0 saturated heterocycles. The third-order valence-corrected chi connectivity index (χ3v) is 2.13. The highest BCUT2D eigenvalue weighted by Crippen LogP contribution is 2.11. The van der Waals surface area contributed by atoms with Crippen molar-refractivity contribution in [3.63, 3.8) is 0 Å². The summed E-state index contributed by atoms with van der Waals surface area (Å²) in [6, 6.07) is 9.48. The molecule has 0 unspecified atom stereocenters. The minimum atomic E-state index is -0.600. The fraction of sp³-hybridized carbons (Fsp3) is 0.500. The molecular formula is C14H21NO4. The van der Waals surface area contributed by atoms with E-state index in [1.807, 2.05) is 30.3 Å². The van der Waals surface area contributed by atoms with Crippen LogP contribution in [0.3, 0.4) is 0 Å². The van der Waals surface area contributed by atoms with Crippen molar-refractivity contribution in [3.8, 4) is 0 Å². The minimum Gasteiger partial charge on any atom is -0.442 e. The highest BCUT2D eigenvalue weighted by molar-refractivity contribution is 5.66. The van der Waals surface area contributed by atoms with E-state index in [-0.39, 0.29) is 19.8 Å². The van der Waals surface area contributed by atoms with Gasteiger partial charge >= 0.3 is 6.09 Å². The Labute approximate surface area is 113 Å². The van der Waals surface area contributed by atoms with E-state index in [0.717, 1.165) is 10.6 Å². The second-order valence-corrected chi connectivity index (χ2v) is 5.07. The minimum absolute atomic E-state index is 0.0712. The van der Waals surface area contributed by atoms with Crippen molar-refractivity contribution in [3.05, 3.63) is 35.9 Å². The third-order valence-electron chi connectivity index (χ3n) is 2.13. The van der Waals surface area contributed by atoms with Gasteiger partial charge in [-0.05, 0) is 26.3 Å². The number of benzene rings is 1. The maximum Gasteiger partial charge on any atom is 0.434 e. The second-order valence-electron chi connectivity index (χ2n) is 5.07. The standard InChI is InChI=1S/C14H21NO4/c1-14(2,3)19-13(17)15(9-10-16)18-11-12-7-5-4-6-8-12/h4-8,16H,9-11H2,1-3H3. The number of carbonyl (C=O) groups is 1. The van der Waals surface area contributed by atoms with Crippen LogP contribution in [0.15, 0.2) is 30.3 Å². The lowest BCUT2D eigenvalue weighted by atomic mass is 10.2. The Morgan fingerprint density at radius 1 is 1.26 bits per heavy atom. The molecule has 106 valence electrons. The first-order valence-corrected chi connectivity index (χ1v) is 6.20. The predicted octanol–water partition coefficient (Wildman–Crippen LogP) is 2.35. The molecule has 0 bridgehead atoms. The molecule has 5 heteroatoms. The molecule has 1 aromatic carbocycles. The van der Waals surface area contributed by atoms with E-state index < -0.39 is 11.7 Å². The van der Waals surface area contributed by atoms with Crippen molar-refractivity contribution in [2.24, 2.45) is 0 Å². The first-order valence-electron chi connectivity index (χ1n) is 6.20. The van der Waals surface area contributed by atoms with Crippen LogP contribution in [-0.2, 0) is 16.2 Å². The lowest BCUT2D eigenvalue weighted by Crippen LogP contribution is -2.38. The fourth-order valence-electron chi connectivity index (χ4n) is 1.34. The van der Waals surface area contributed by atoms with Gasteiger partial charge in [0.2, 0.25) is 0 Å². The average Bonchev–Trinajstić information content (AvgIpc) is 2.33. The van der Waals surface area contributed by atoms with Crippen molar-refractivity contribution in [2.45, 2.75) is 33.0 Å². The van der Waals surface area contributed by atoms with Gasteiger partial charge in [-0.15, -0.1) is 0 Å². The number of nitrogens with zero attached hydrogens (tertiary/aromatic N) is 1. The zero-order chi connectivity index (χ0) is 14.3. The Kier molecular flexibility index (Phi) is 5.79. The number of rotatable bonds is 5. The van der Waals surface area contributed by atoms with Gasteiger partial charge in [0.05, 0.1) is 13.2 Å². The highest BCUT2D eigenvalue weighted by atomic mass is 16.7. The Morgan fingerprint density at radius 3 is 2.42 bits per heavy atom. The maximum absolute atomic E-state index is 11.8. The highest BCUT2D eigenvalue weighted by Gasteiger charge is 2.22. The second kappa shape index (κ2) is 7.11. The van der Waals surface area contributed by atoms with Crippen LogP contribution in [0.1, 0.15) is 26.3 Å². The summed E-state index contributed by atoms with van der Waals surface area (Å²) in [5.74, 6) is 0. The zero-order valence-electron chi connectivity index (χ0n) is 11.6. The molecule has 1 rings (SSSR count). The van der Waals surface area contributed by atoms with Crippen molar-refractivity contribution >= 4 is 6.09 Å². The van der Waals surface area contributed by atoms with Gasteiger partial charge in [-0.1, -0.05) is 30.3 Å². The number of aliphatic hydroxyl groups is 1. The Morgan fingerprint density at radius 2 is 1.89 bits per heavy atom. The smallest absolute Gasteiger partial charge is 0.434 e. The van der Waals surface area contributed by atoms with Crippen LogP contribution < -0.4 is 0 Å². The van der Waals surface area contributed by atoms with E-state index >= 15 is 0 Å². The molecule has 1 N–H and O–H groups in total. The molecule has 19 heavy (non-hydrogen) atoms. The number of hydroxylamine groups is 2. The Bertz CT molecular complexity index is 386. The van der Waals surface area contributed by atoms with E-state index in [2.05, 4.69) is 0 Å². The average molecular weight is 267 g/mol. The quantitative estimate of drug-likeness (QED) is 0.832. The molecule has 0 aromatic heterocycles. The summed E-state index contributed by atoms with van der Waals surface area (Å²) in [6.45, 7) is 5.47. The van der Waals surface area contributed by atoms with Gasteiger partial charge in [0.15, 0.2) is 0 Å². The Hall–Kier alpha value is -1.59. The van der Waals surface area contributed by atoms with Gasteiger partial charge in [0, 0.05) is 0 Å². The zero-order valence-corrected chi connectivity index (χ0v) is 11.6. The van der Waals surface area contributed by atoms with E-state index in [9.17, 15) is 4.79 Å². The van der Waals surface area contributed by atoms with Gasteiger partial charge < -0.3 is 9.84 Å². The van der Waals surface area contributed by atoms with Gasteiger partial charge in [0.25, 0.3) is 0 Å². The van der Waals surface area contributed by atoms with Crippen LogP contribution in [-0.4, -0.2) is 35.0 Å². The predicted molar refractivity (Wildman–Crippen MR) is 71.3 cm³/mol. The maximum atomic E-state index is 11.8. The molecule has 0 aliphatic rings. The summed E-state index contributed by atoms with van der Waals surface area (Å²) in [5, 5.41) is 9.99. The topological polar surface area (TPSA) is 59.0 Å². The first kappa shape index (κ1) is 15.5. The van der Waals surface area contributed by atoms with E-state index in [1.165, 1.54) is 0 Å². The summed E-state index contributed by atoms with van der Waals surface area (Å²) >= 11 is 0. The number of carbonyl (C=O) groups excluding carboxylic acids is 1. The van der Waals surface area contributed by atoms with Gasteiger partial charge in [-0.3, -0.25) is 4.84 Å². The van der Waals surface area contributed by atoms with Crippen LogP contribution >= 0.6 is 0 Å². The first-order chi connectivity index (χ1) is 8.92.